The Morgan fingerprint density at radius 1 is 1.19 bits per heavy atom. The van der Waals surface area contributed by atoms with Crippen LogP contribution in [0.15, 0.2) is 24.4 Å². The van der Waals surface area contributed by atoms with Crippen LogP contribution in [-0.2, 0) is 9.59 Å². The van der Waals surface area contributed by atoms with Crippen molar-refractivity contribution in [2.45, 2.75) is 51.4 Å². The SMILES string of the molecule is CCCNC(=O)CCCC(=O)N1CCC(c2nnc3ccccn23)CC1. The van der Waals surface area contributed by atoms with Gasteiger partial charge in [0.15, 0.2) is 5.65 Å². The van der Waals surface area contributed by atoms with E-state index >= 15 is 0 Å². The summed E-state index contributed by atoms with van der Waals surface area (Å²) in [6.07, 6.45) is 6.21. The van der Waals surface area contributed by atoms with Crippen LogP contribution in [0.2, 0.25) is 0 Å². The normalized spacial score (nSPS) is 15.3. The van der Waals surface area contributed by atoms with E-state index in [-0.39, 0.29) is 11.8 Å². The average molecular weight is 357 g/mol. The average Bonchev–Trinajstić information content (AvgIpc) is 3.10. The first-order chi connectivity index (χ1) is 12.7. The quantitative estimate of drug-likeness (QED) is 0.823. The zero-order valence-electron chi connectivity index (χ0n) is 15.4. The highest BCUT2D eigenvalue weighted by Gasteiger charge is 2.26. The molecule has 0 bridgehead atoms. The fourth-order valence-electron chi connectivity index (χ4n) is 3.44. The summed E-state index contributed by atoms with van der Waals surface area (Å²) in [7, 11) is 0. The molecule has 0 aliphatic carbocycles. The van der Waals surface area contributed by atoms with Crippen LogP contribution in [0.5, 0.6) is 0 Å². The van der Waals surface area contributed by atoms with E-state index in [0.29, 0.717) is 31.7 Å². The smallest absolute Gasteiger partial charge is 0.222 e. The number of nitrogens with zero attached hydrogens (tertiary/aromatic N) is 4. The van der Waals surface area contributed by atoms with Gasteiger partial charge in [0.1, 0.15) is 5.82 Å². The van der Waals surface area contributed by atoms with E-state index < -0.39 is 0 Å². The second-order valence-corrected chi connectivity index (χ2v) is 6.85. The monoisotopic (exact) mass is 357 g/mol. The Balaban J connectivity index is 1.44. The maximum Gasteiger partial charge on any atom is 0.222 e. The number of nitrogens with one attached hydrogen (secondary N) is 1. The van der Waals surface area contributed by atoms with E-state index in [4.69, 9.17) is 0 Å². The van der Waals surface area contributed by atoms with Gasteiger partial charge in [0, 0.05) is 44.6 Å². The van der Waals surface area contributed by atoms with Crippen LogP contribution in [-0.4, -0.2) is 50.9 Å². The Kier molecular flexibility index (Phi) is 6.20. The van der Waals surface area contributed by atoms with Crippen molar-refractivity contribution < 1.29 is 9.59 Å². The van der Waals surface area contributed by atoms with Gasteiger partial charge in [-0.05, 0) is 37.8 Å². The molecule has 7 heteroatoms. The van der Waals surface area contributed by atoms with Crippen LogP contribution >= 0.6 is 0 Å². The third-order valence-electron chi connectivity index (χ3n) is 4.92. The first-order valence-electron chi connectivity index (χ1n) is 9.53. The molecular weight excluding hydrogens is 330 g/mol. The number of rotatable bonds is 7. The van der Waals surface area contributed by atoms with Crippen molar-refractivity contribution in [1.29, 1.82) is 0 Å². The topological polar surface area (TPSA) is 79.6 Å². The molecule has 0 radical (unpaired) electrons. The number of carbonyl (C=O) groups excluding carboxylic acids is 2. The number of fused-ring (bicyclic) bond motifs is 1. The van der Waals surface area contributed by atoms with E-state index in [9.17, 15) is 9.59 Å². The molecule has 26 heavy (non-hydrogen) atoms. The molecule has 2 aromatic rings. The lowest BCUT2D eigenvalue weighted by Crippen LogP contribution is -2.38. The number of pyridine rings is 1. The lowest BCUT2D eigenvalue weighted by atomic mass is 9.95. The van der Waals surface area contributed by atoms with Gasteiger partial charge in [0.05, 0.1) is 0 Å². The highest BCUT2D eigenvalue weighted by atomic mass is 16.2. The van der Waals surface area contributed by atoms with Crippen molar-refractivity contribution in [3.8, 4) is 0 Å². The van der Waals surface area contributed by atoms with Crippen molar-refractivity contribution in [2.24, 2.45) is 0 Å². The van der Waals surface area contributed by atoms with Crippen LogP contribution in [0.4, 0.5) is 0 Å². The maximum absolute atomic E-state index is 12.4. The van der Waals surface area contributed by atoms with Gasteiger partial charge in [-0.15, -0.1) is 10.2 Å². The Bertz CT molecular complexity index is 749. The van der Waals surface area contributed by atoms with E-state index in [1.165, 1.54) is 0 Å². The number of hydrogen-bond acceptors (Lipinski definition) is 4. The Labute approximate surface area is 153 Å². The van der Waals surface area contributed by atoms with Gasteiger partial charge in [0.25, 0.3) is 0 Å². The van der Waals surface area contributed by atoms with Crippen LogP contribution in [0.3, 0.4) is 0 Å². The standard InChI is InChI=1S/C19H27N5O2/c1-2-11-20-17(25)7-5-8-18(26)23-13-9-15(10-14-23)19-22-21-16-6-3-4-12-24(16)19/h3-4,6,12,15H,2,5,7-11,13-14H2,1H3,(H,20,25). The fraction of sp³-hybridized carbons (Fsp3) is 0.579. The number of likely N-dealkylation sites (tertiary alicyclic amines) is 1. The van der Waals surface area contributed by atoms with Gasteiger partial charge in [-0.1, -0.05) is 13.0 Å². The minimum atomic E-state index is 0.0389. The van der Waals surface area contributed by atoms with Crippen LogP contribution in [0.25, 0.3) is 5.65 Å². The zero-order valence-corrected chi connectivity index (χ0v) is 15.4. The minimum absolute atomic E-state index is 0.0389. The predicted octanol–water partition coefficient (Wildman–Crippen LogP) is 2.13. The second-order valence-electron chi connectivity index (χ2n) is 6.85. The van der Waals surface area contributed by atoms with Gasteiger partial charge < -0.3 is 10.2 Å². The summed E-state index contributed by atoms with van der Waals surface area (Å²) in [6, 6.07) is 5.89. The van der Waals surface area contributed by atoms with Crippen molar-refractivity contribution in [3.63, 3.8) is 0 Å². The van der Waals surface area contributed by atoms with Gasteiger partial charge in [-0.3, -0.25) is 14.0 Å². The Hall–Kier alpha value is -2.44. The number of hydrogen-bond donors (Lipinski definition) is 1. The van der Waals surface area contributed by atoms with Gasteiger partial charge in [0.2, 0.25) is 11.8 Å². The van der Waals surface area contributed by atoms with E-state index in [1.54, 1.807) is 0 Å². The van der Waals surface area contributed by atoms with E-state index in [1.807, 2.05) is 40.6 Å². The summed E-state index contributed by atoms with van der Waals surface area (Å²) in [5.74, 6) is 1.51. The molecule has 3 heterocycles. The summed E-state index contributed by atoms with van der Waals surface area (Å²) in [4.78, 5) is 25.9. The summed E-state index contributed by atoms with van der Waals surface area (Å²) in [5, 5.41) is 11.4. The molecule has 0 saturated carbocycles. The van der Waals surface area contributed by atoms with Crippen LogP contribution < -0.4 is 5.32 Å². The molecule has 0 spiro atoms. The van der Waals surface area contributed by atoms with Crippen molar-refractivity contribution in [1.82, 2.24) is 24.8 Å². The molecule has 140 valence electrons. The number of aromatic nitrogens is 3. The molecule has 0 unspecified atom stereocenters. The first kappa shape index (κ1) is 18.4. The molecule has 1 aliphatic heterocycles. The molecule has 2 aromatic heterocycles. The largest absolute Gasteiger partial charge is 0.356 e. The highest BCUT2D eigenvalue weighted by molar-refractivity contribution is 5.79. The summed E-state index contributed by atoms with van der Waals surface area (Å²) in [5.41, 5.74) is 0.863. The number of carbonyl (C=O) groups is 2. The van der Waals surface area contributed by atoms with Crippen molar-refractivity contribution in [2.75, 3.05) is 19.6 Å². The molecule has 0 aromatic carbocycles. The minimum Gasteiger partial charge on any atom is -0.356 e. The zero-order chi connectivity index (χ0) is 18.4. The van der Waals surface area contributed by atoms with Crippen molar-refractivity contribution in [3.05, 3.63) is 30.2 Å². The summed E-state index contributed by atoms with van der Waals surface area (Å²) >= 11 is 0. The molecular formula is C19H27N5O2. The van der Waals surface area contributed by atoms with E-state index in [2.05, 4.69) is 15.5 Å². The molecule has 2 amide bonds. The molecule has 1 N–H and O–H groups in total. The van der Waals surface area contributed by atoms with Gasteiger partial charge in [-0.2, -0.15) is 0 Å². The third kappa shape index (κ3) is 4.39. The third-order valence-corrected chi connectivity index (χ3v) is 4.92. The van der Waals surface area contributed by atoms with Crippen LogP contribution in [0, 0.1) is 0 Å². The molecule has 1 fully saturated rings. The van der Waals surface area contributed by atoms with E-state index in [0.717, 1.165) is 43.8 Å². The van der Waals surface area contributed by atoms with Gasteiger partial charge >= 0.3 is 0 Å². The van der Waals surface area contributed by atoms with Gasteiger partial charge in [-0.25, -0.2) is 0 Å². The summed E-state index contributed by atoms with van der Waals surface area (Å²) in [6.45, 7) is 4.22. The lowest BCUT2D eigenvalue weighted by Gasteiger charge is -2.31. The molecule has 0 atom stereocenters. The number of piperidine rings is 1. The lowest BCUT2D eigenvalue weighted by molar-refractivity contribution is -0.132. The molecule has 3 rings (SSSR count). The number of amides is 2. The predicted molar refractivity (Wildman–Crippen MR) is 98.7 cm³/mol. The first-order valence-corrected chi connectivity index (χ1v) is 9.53. The van der Waals surface area contributed by atoms with Crippen LogP contribution in [0.1, 0.15) is 57.2 Å². The molecule has 1 saturated heterocycles. The molecule has 7 nitrogen and oxygen atoms in total. The molecule has 1 aliphatic rings. The fourth-order valence-corrected chi connectivity index (χ4v) is 3.44. The Morgan fingerprint density at radius 3 is 2.77 bits per heavy atom. The second kappa shape index (κ2) is 8.78. The maximum atomic E-state index is 12.4. The summed E-state index contributed by atoms with van der Waals surface area (Å²) < 4.78 is 2.04. The Morgan fingerprint density at radius 2 is 2.00 bits per heavy atom. The highest BCUT2D eigenvalue weighted by Crippen LogP contribution is 2.27. The van der Waals surface area contributed by atoms with Crippen molar-refractivity contribution >= 4 is 17.5 Å².